The highest BCUT2D eigenvalue weighted by molar-refractivity contribution is 7.89. The summed E-state index contributed by atoms with van der Waals surface area (Å²) >= 11 is 5.96. The smallest absolute Gasteiger partial charge is 0.238 e. The molecule has 2 aromatic carbocycles. The average Bonchev–Trinajstić information content (AvgIpc) is 3.21. The SMILES string of the molecule is NS(=O)(=O)c1ccc2c(c1)OCC(c1ccc(F)c(C(=O)c3c[nH]c4ncc(Cl)cc34)c1F)O2. The minimum atomic E-state index is -3.96. The summed E-state index contributed by atoms with van der Waals surface area (Å²) in [5.41, 5.74) is -0.537. The molecule has 0 saturated carbocycles. The van der Waals surface area contributed by atoms with E-state index >= 15 is 4.39 Å². The number of hydrogen-bond acceptors (Lipinski definition) is 6. The van der Waals surface area contributed by atoms with Crippen LogP contribution in [0, 0.1) is 11.6 Å². The number of fused-ring (bicyclic) bond motifs is 2. The lowest BCUT2D eigenvalue weighted by atomic mass is 9.97. The van der Waals surface area contributed by atoms with Crippen LogP contribution in [0.2, 0.25) is 5.02 Å². The van der Waals surface area contributed by atoms with Crippen LogP contribution < -0.4 is 14.6 Å². The average molecular weight is 506 g/mol. The molecule has 1 aliphatic heterocycles. The van der Waals surface area contributed by atoms with Gasteiger partial charge in [0.05, 0.1) is 15.5 Å². The van der Waals surface area contributed by atoms with Crippen molar-refractivity contribution in [2.24, 2.45) is 5.14 Å². The van der Waals surface area contributed by atoms with Crippen LogP contribution >= 0.6 is 11.6 Å². The van der Waals surface area contributed by atoms with Gasteiger partial charge in [-0.25, -0.2) is 27.3 Å². The van der Waals surface area contributed by atoms with Gasteiger partial charge in [-0.1, -0.05) is 11.6 Å². The summed E-state index contributed by atoms with van der Waals surface area (Å²) in [6.07, 6.45) is 1.65. The lowest BCUT2D eigenvalue weighted by Crippen LogP contribution is -2.24. The van der Waals surface area contributed by atoms with E-state index in [2.05, 4.69) is 9.97 Å². The molecule has 0 amide bonds. The molecule has 174 valence electrons. The van der Waals surface area contributed by atoms with Gasteiger partial charge >= 0.3 is 0 Å². The second kappa shape index (κ2) is 8.05. The highest BCUT2D eigenvalue weighted by atomic mass is 35.5. The maximum absolute atomic E-state index is 15.5. The topological polar surface area (TPSA) is 124 Å². The number of nitrogens with zero attached hydrogens (tertiary/aromatic N) is 1. The Bertz CT molecular complexity index is 1590. The van der Waals surface area contributed by atoms with E-state index in [1.54, 1.807) is 0 Å². The molecule has 1 unspecified atom stereocenters. The van der Waals surface area contributed by atoms with Gasteiger partial charge < -0.3 is 14.5 Å². The van der Waals surface area contributed by atoms with Gasteiger partial charge in [-0.2, -0.15) is 0 Å². The number of rotatable bonds is 4. The zero-order valence-electron chi connectivity index (χ0n) is 17.0. The molecule has 34 heavy (non-hydrogen) atoms. The van der Waals surface area contributed by atoms with Gasteiger partial charge in [0.15, 0.2) is 17.6 Å². The minimum Gasteiger partial charge on any atom is -0.485 e. The molecule has 2 aromatic heterocycles. The number of ketones is 1. The number of aromatic amines is 1. The standard InChI is InChI=1S/C22H14ClF2N3O5S/c23-10-5-13-14(8-28-22(13)27-7-10)21(29)19-15(24)3-2-12(20(19)25)18-9-32-17-6-11(34(26,30)31)1-4-16(17)33-18/h1-8,18H,9H2,(H,27,28)(H2,26,30,31). The molecule has 0 saturated heterocycles. The monoisotopic (exact) mass is 505 g/mol. The predicted molar refractivity (Wildman–Crippen MR) is 118 cm³/mol. The quantitative estimate of drug-likeness (QED) is 0.405. The van der Waals surface area contributed by atoms with Crippen LogP contribution in [0.5, 0.6) is 11.5 Å². The molecular formula is C22H14ClF2N3O5S. The second-order valence-electron chi connectivity index (χ2n) is 7.48. The van der Waals surface area contributed by atoms with Crippen LogP contribution in [-0.2, 0) is 10.0 Å². The molecule has 0 fully saturated rings. The molecule has 0 spiro atoms. The molecule has 4 aromatic rings. The predicted octanol–water partition coefficient (Wildman–Crippen LogP) is 3.89. The molecule has 5 rings (SSSR count). The van der Waals surface area contributed by atoms with Gasteiger partial charge in [-0.15, -0.1) is 0 Å². The van der Waals surface area contributed by atoms with Gasteiger partial charge in [0.25, 0.3) is 0 Å². The molecule has 0 bridgehead atoms. The van der Waals surface area contributed by atoms with Crippen LogP contribution in [0.3, 0.4) is 0 Å². The van der Waals surface area contributed by atoms with Crippen molar-refractivity contribution in [2.75, 3.05) is 6.61 Å². The zero-order chi connectivity index (χ0) is 24.2. The number of benzene rings is 2. The van der Waals surface area contributed by atoms with E-state index in [1.165, 1.54) is 36.7 Å². The van der Waals surface area contributed by atoms with Crippen molar-refractivity contribution in [3.8, 4) is 11.5 Å². The number of ether oxygens (including phenoxy) is 2. The van der Waals surface area contributed by atoms with Crippen molar-refractivity contribution in [1.82, 2.24) is 9.97 Å². The Morgan fingerprint density at radius 2 is 1.97 bits per heavy atom. The lowest BCUT2D eigenvalue weighted by Gasteiger charge is -2.27. The van der Waals surface area contributed by atoms with Gasteiger partial charge in [0, 0.05) is 35.0 Å². The van der Waals surface area contributed by atoms with Gasteiger partial charge in [-0.3, -0.25) is 4.79 Å². The number of primary sulfonamides is 1. The Morgan fingerprint density at radius 1 is 1.18 bits per heavy atom. The van der Waals surface area contributed by atoms with Crippen LogP contribution in [-0.4, -0.2) is 30.8 Å². The first-order valence-corrected chi connectivity index (χ1v) is 11.7. The maximum Gasteiger partial charge on any atom is 0.238 e. The van der Waals surface area contributed by atoms with E-state index in [0.29, 0.717) is 11.0 Å². The van der Waals surface area contributed by atoms with Crippen molar-refractivity contribution < 1.29 is 31.5 Å². The number of aromatic nitrogens is 2. The summed E-state index contributed by atoms with van der Waals surface area (Å²) in [7, 11) is -3.96. The van der Waals surface area contributed by atoms with E-state index in [9.17, 15) is 17.6 Å². The number of nitrogens with one attached hydrogen (secondary N) is 1. The highest BCUT2D eigenvalue weighted by Crippen LogP contribution is 2.39. The van der Waals surface area contributed by atoms with Crippen LogP contribution in [0.1, 0.15) is 27.6 Å². The molecule has 8 nitrogen and oxygen atoms in total. The minimum absolute atomic E-state index is 0.00151. The van der Waals surface area contributed by atoms with Crippen molar-refractivity contribution in [3.05, 3.63) is 82.1 Å². The van der Waals surface area contributed by atoms with Crippen LogP contribution in [0.4, 0.5) is 8.78 Å². The fraction of sp³-hybridized carbons (Fsp3) is 0.0909. The molecular weight excluding hydrogens is 492 g/mol. The normalized spacial score (nSPS) is 15.5. The summed E-state index contributed by atoms with van der Waals surface area (Å²) in [5, 5.41) is 5.69. The summed E-state index contributed by atoms with van der Waals surface area (Å²) in [6.45, 7) is -0.218. The first-order valence-electron chi connectivity index (χ1n) is 9.75. The number of nitrogens with two attached hydrogens (primary N) is 1. The van der Waals surface area contributed by atoms with Crippen molar-refractivity contribution in [1.29, 1.82) is 0 Å². The third-order valence-corrected chi connectivity index (χ3v) is 6.46. The van der Waals surface area contributed by atoms with Gasteiger partial charge in [0.1, 0.15) is 23.9 Å². The van der Waals surface area contributed by atoms with Crippen molar-refractivity contribution in [3.63, 3.8) is 0 Å². The summed E-state index contributed by atoms with van der Waals surface area (Å²) in [5.74, 6) is -2.82. The van der Waals surface area contributed by atoms with E-state index in [4.69, 9.17) is 26.2 Å². The number of pyridine rings is 1. The fourth-order valence-corrected chi connectivity index (χ4v) is 4.39. The van der Waals surface area contributed by atoms with Crippen LogP contribution in [0.25, 0.3) is 11.0 Å². The number of H-pyrrole nitrogens is 1. The molecule has 3 heterocycles. The number of hydrogen-bond donors (Lipinski definition) is 2. The van der Waals surface area contributed by atoms with Crippen molar-refractivity contribution in [2.45, 2.75) is 11.0 Å². The van der Waals surface area contributed by atoms with E-state index in [0.717, 1.165) is 12.1 Å². The Hall–Kier alpha value is -3.54. The number of carbonyl (C=O) groups excluding carboxylic acids is 1. The van der Waals surface area contributed by atoms with Crippen LogP contribution in [0.15, 0.2) is 53.7 Å². The first-order chi connectivity index (χ1) is 16.1. The highest BCUT2D eigenvalue weighted by Gasteiger charge is 2.31. The van der Waals surface area contributed by atoms with Gasteiger partial charge in [0.2, 0.25) is 15.8 Å². The second-order valence-corrected chi connectivity index (χ2v) is 9.48. The Kier molecular flexibility index (Phi) is 5.27. The number of halogens is 3. The third-order valence-electron chi connectivity index (χ3n) is 5.34. The van der Waals surface area contributed by atoms with Crippen molar-refractivity contribution >= 4 is 38.4 Å². The molecule has 0 aliphatic carbocycles. The Balaban J connectivity index is 1.52. The first kappa shape index (κ1) is 22.3. The molecule has 3 N–H and O–H groups in total. The largest absolute Gasteiger partial charge is 0.485 e. The number of sulfonamides is 1. The lowest BCUT2D eigenvalue weighted by molar-refractivity contribution is 0.0876. The van der Waals surface area contributed by atoms with Gasteiger partial charge in [-0.05, 0) is 30.3 Å². The van der Waals surface area contributed by atoms with E-state index in [1.807, 2.05) is 0 Å². The zero-order valence-corrected chi connectivity index (χ0v) is 18.6. The maximum atomic E-state index is 15.5. The summed E-state index contributed by atoms with van der Waals surface area (Å²) in [4.78, 5) is 19.8. The number of carbonyl (C=O) groups is 1. The summed E-state index contributed by atoms with van der Waals surface area (Å²) in [6, 6.07) is 7.32. The molecule has 1 aliphatic rings. The molecule has 1 atom stereocenters. The Labute approximate surface area is 196 Å². The molecule has 12 heteroatoms. The summed E-state index contributed by atoms with van der Waals surface area (Å²) < 4.78 is 64.5. The third kappa shape index (κ3) is 3.77. The Morgan fingerprint density at radius 3 is 2.74 bits per heavy atom. The fourth-order valence-electron chi connectivity index (χ4n) is 3.71. The molecule has 0 radical (unpaired) electrons. The van der Waals surface area contributed by atoms with E-state index in [-0.39, 0.29) is 39.2 Å². The van der Waals surface area contributed by atoms with E-state index < -0.39 is 39.1 Å².